The molecule has 0 bridgehead atoms. The van der Waals surface area contributed by atoms with Crippen LogP contribution in [0.2, 0.25) is 0 Å². The lowest BCUT2D eigenvalue weighted by atomic mass is 10.2. The second kappa shape index (κ2) is 10.8. The van der Waals surface area contributed by atoms with E-state index in [9.17, 15) is 4.79 Å². The molecule has 130 valence electrons. The number of benzene rings is 1. The molecule has 24 heavy (non-hydrogen) atoms. The summed E-state index contributed by atoms with van der Waals surface area (Å²) in [7, 11) is 0. The monoisotopic (exact) mass is 403 g/mol. The molecule has 1 atom stereocenters. The summed E-state index contributed by atoms with van der Waals surface area (Å²) in [5, 5.41) is 6.12. The molecule has 0 spiro atoms. The highest BCUT2D eigenvalue weighted by Gasteiger charge is 2.22. The quantitative estimate of drug-likeness (QED) is 0.743. The maximum atomic E-state index is 12.0. The van der Waals surface area contributed by atoms with E-state index in [4.69, 9.17) is 0 Å². The van der Waals surface area contributed by atoms with Crippen LogP contribution < -0.4 is 10.6 Å². The molecule has 0 radical (unpaired) electrons. The number of thioether (sulfide) groups is 2. The highest BCUT2D eigenvalue weighted by atomic mass is 35.5. The van der Waals surface area contributed by atoms with Crippen molar-refractivity contribution in [2.75, 3.05) is 16.9 Å². The third-order valence-electron chi connectivity index (χ3n) is 3.28. The minimum Gasteiger partial charge on any atom is -0.325 e. The highest BCUT2D eigenvalue weighted by Crippen LogP contribution is 2.24. The average Bonchev–Trinajstić information content (AvgIpc) is 3.10. The van der Waals surface area contributed by atoms with Gasteiger partial charge in [0.05, 0.1) is 6.04 Å². The largest absolute Gasteiger partial charge is 0.325 e. The van der Waals surface area contributed by atoms with Crippen LogP contribution in [0.25, 0.3) is 0 Å². The lowest BCUT2D eigenvalue weighted by molar-refractivity contribution is -0.117. The normalized spacial score (nSPS) is 15.9. The van der Waals surface area contributed by atoms with Gasteiger partial charge in [-0.15, -0.1) is 48.3 Å². The smallest absolute Gasteiger partial charge is 0.242 e. The number of pyridine rings is 1. The van der Waals surface area contributed by atoms with Crippen LogP contribution in [0.15, 0.2) is 53.7 Å². The second-order valence-electron chi connectivity index (χ2n) is 4.94. The Morgan fingerprint density at radius 2 is 2.08 bits per heavy atom. The maximum absolute atomic E-state index is 12.0. The Morgan fingerprint density at radius 1 is 1.29 bits per heavy atom. The Bertz CT molecular complexity index is 623. The van der Waals surface area contributed by atoms with E-state index in [2.05, 4.69) is 21.7 Å². The molecule has 0 aliphatic carbocycles. The van der Waals surface area contributed by atoms with Gasteiger partial charge in [0, 0.05) is 40.4 Å². The first-order chi connectivity index (χ1) is 10.8. The van der Waals surface area contributed by atoms with Gasteiger partial charge in [0.15, 0.2) is 0 Å². The van der Waals surface area contributed by atoms with Crippen LogP contribution in [0.4, 0.5) is 5.69 Å². The van der Waals surface area contributed by atoms with Gasteiger partial charge in [-0.05, 0) is 35.9 Å². The van der Waals surface area contributed by atoms with E-state index in [1.807, 2.05) is 36.5 Å². The zero-order valence-electron chi connectivity index (χ0n) is 12.8. The molecule has 0 saturated carbocycles. The van der Waals surface area contributed by atoms with Gasteiger partial charge in [0.2, 0.25) is 5.91 Å². The van der Waals surface area contributed by atoms with Crippen molar-refractivity contribution >= 4 is 59.9 Å². The molecule has 1 aliphatic rings. The summed E-state index contributed by atoms with van der Waals surface area (Å²) in [5.74, 6) is 2.62. The zero-order valence-corrected chi connectivity index (χ0v) is 16.1. The van der Waals surface area contributed by atoms with E-state index in [0.29, 0.717) is 0 Å². The number of nitrogens with one attached hydrogen (secondary N) is 2. The Labute approximate surface area is 162 Å². The molecular formula is C16H19Cl2N3OS2. The number of aromatic nitrogens is 1. The van der Waals surface area contributed by atoms with Crippen LogP contribution in [-0.2, 0) is 10.5 Å². The number of carbonyl (C=O) groups is 1. The fourth-order valence-electron chi connectivity index (χ4n) is 2.08. The number of rotatable bonds is 5. The molecular weight excluding hydrogens is 385 g/mol. The third kappa shape index (κ3) is 6.18. The first-order valence-corrected chi connectivity index (χ1v) is 9.19. The number of carbonyl (C=O) groups excluding carboxylic acids is 1. The molecule has 1 amide bonds. The number of nitrogens with zero attached hydrogens (tertiary/aromatic N) is 1. The fourth-order valence-corrected chi connectivity index (χ4v) is 3.85. The lowest BCUT2D eigenvalue weighted by Crippen LogP contribution is -2.37. The topological polar surface area (TPSA) is 54.0 Å². The number of hydrogen-bond donors (Lipinski definition) is 2. The molecule has 1 aromatic carbocycles. The van der Waals surface area contributed by atoms with E-state index >= 15 is 0 Å². The first-order valence-electron chi connectivity index (χ1n) is 7.05. The minimum absolute atomic E-state index is 0. The van der Waals surface area contributed by atoms with Crippen LogP contribution in [-0.4, -0.2) is 28.6 Å². The number of anilines is 1. The van der Waals surface area contributed by atoms with Crippen LogP contribution in [0, 0.1) is 0 Å². The van der Waals surface area contributed by atoms with Gasteiger partial charge in [-0.25, -0.2) is 0 Å². The summed E-state index contributed by atoms with van der Waals surface area (Å²) in [6.45, 7) is 0. The zero-order chi connectivity index (χ0) is 15.2. The number of amides is 1. The standard InChI is InChI=1S/C16H17N3OS2.2ClH/c20-16(15-10-21-11-18-15)19-13-3-5-14(6-4-13)22-9-12-2-1-7-17-8-12;;/h1-8,15,18H,9-11H2,(H,19,20);2*1H. The summed E-state index contributed by atoms with van der Waals surface area (Å²) < 4.78 is 0. The van der Waals surface area contributed by atoms with E-state index in [-0.39, 0.29) is 36.8 Å². The van der Waals surface area contributed by atoms with Crippen LogP contribution >= 0.6 is 48.3 Å². The van der Waals surface area contributed by atoms with E-state index < -0.39 is 0 Å². The maximum Gasteiger partial charge on any atom is 0.242 e. The molecule has 3 rings (SSSR count). The average molecular weight is 404 g/mol. The number of hydrogen-bond acceptors (Lipinski definition) is 5. The van der Waals surface area contributed by atoms with Gasteiger partial charge in [-0.1, -0.05) is 6.07 Å². The summed E-state index contributed by atoms with van der Waals surface area (Å²) >= 11 is 3.51. The Kier molecular flexibility index (Phi) is 9.54. The molecule has 2 N–H and O–H groups in total. The van der Waals surface area contributed by atoms with Crippen molar-refractivity contribution in [1.29, 1.82) is 0 Å². The van der Waals surface area contributed by atoms with Gasteiger partial charge in [0.25, 0.3) is 0 Å². The van der Waals surface area contributed by atoms with Crippen molar-refractivity contribution in [1.82, 2.24) is 10.3 Å². The molecule has 1 saturated heterocycles. The van der Waals surface area contributed by atoms with Crippen molar-refractivity contribution < 1.29 is 4.79 Å². The van der Waals surface area contributed by atoms with E-state index in [1.54, 1.807) is 29.7 Å². The summed E-state index contributed by atoms with van der Waals surface area (Å²) in [6.07, 6.45) is 3.66. The molecule has 8 heteroatoms. The van der Waals surface area contributed by atoms with Crippen molar-refractivity contribution in [2.45, 2.75) is 16.7 Å². The molecule has 2 heterocycles. The van der Waals surface area contributed by atoms with Crippen molar-refractivity contribution in [2.24, 2.45) is 0 Å². The van der Waals surface area contributed by atoms with Crippen molar-refractivity contribution in [3.05, 3.63) is 54.4 Å². The second-order valence-corrected chi connectivity index (χ2v) is 7.01. The van der Waals surface area contributed by atoms with E-state index in [0.717, 1.165) is 23.1 Å². The van der Waals surface area contributed by atoms with Crippen LogP contribution in [0.1, 0.15) is 5.56 Å². The molecule has 2 aromatic rings. The van der Waals surface area contributed by atoms with Crippen LogP contribution in [0.5, 0.6) is 0 Å². The van der Waals surface area contributed by atoms with Crippen molar-refractivity contribution in [3.8, 4) is 0 Å². The minimum atomic E-state index is -0.0790. The summed E-state index contributed by atoms with van der Waals surface area (Å²) in [6, 6.07) is 11.9. The summed E-state index contributed by atoms with van der Waals surface area (Å²) in [4.78, 5) is 17.3. The Morgan fingerprint density at radius 3 is 2.71 bits per heavy atom. The van der Waals surface area contributed by atoms with Gasteiger partial charge in [-0.2, -0.15) is 0 Å². The Balaban J connectivity index is 0.00000144. The molecule has 1 fully saturated rings. The van der Waals surface area contributed by atoms with Gasteiger partial charge >= 0.3 is 0 Å². The third-order valence-corrected chi connectivity index (χ3v) is 5.31. The van der Waals surface area contributed by atoms with Gasteiger partial charge in [-0.3, -0.25) is 15.1 Å². The molecule has 4 nitrogen and oxygen atoms in total. The van der Waals surface area contributed by atoms with E-state index in [1.165, 1.54) is 10.5 Å². The fraction of sp³-hybridized carbons (Fsp3) is 0.250. The molecule has 1 aromatic heterocycles. The van der Waals surface area contributed by atoms with Gasteiger partial charge < -0.3 is 5.32 Å². The summed E-state index contributed by atoms with van der Waals surface area (Å²) in [5.41, 5.74) is 2.05. The first kappa shape index (κ1) is 21.1. The highest BCUT2D eigenvalue weighted by molar-refractivity contribution is 7.99. The Hall–Kier alpha value is -0.920. The molecule has 1 unspecified atom stereocenters. The predicted octanol–water partition coefficient (Wildman–Crippen LogP) is 3.82. The SMILES string of the molecule is Cl.Cl.O=C(Nc1ccc(SCc2cccnc2)cc1)C1CSCN1. The van der Waals surface area contributed by atoms with Crippen molar-refractivity contribution in [3.63, 3.8) is 0 Å². The predicted molar refractivity (Wildman–Crippen MR) is 108 cm³/mol. The van der Waals surface area contributed by atoms with Crippen LogP contribution in [0.3, 0.4) is 0 Å². The number of halogens is 2. The van der Waals surface area contributed by atoms with Gasteiger partial charge in [0.1, 0.15) is 0 Å². The molecule has 1 aliphatic heterocycles. The lowest BCUT2D eigenvalue weighted by Gasteiger charge is -2.11.